The van der Waals surface area contributed by atoms with Crippen LogP contribution >= 0.6 is 0 Å². The largest absolute Gasteiger partial charge is 0.484 e. The summed E-state index contributed by atoms with van der Waals surface area (Å²) in [7, 11) is 0. The minimum atomic E-state index is -0.471. The van der Waals surface area contributed by atoms with Gasteiger partial charge in [-0.3, -0.25) is 4.79 Å². The second-order valence-corrected chi connectivity index (χ2v) is 5.85. The van der Waals surface area contributed by atoms with Gasteiger partial charge in [0.05, 0.1) is 0 Å². The lowest BCUT2D eigenvalue weighted by Crippen LogP contribution is -2.26. The van der Waals surface area contributed by atoms with Gasteiger partial charge >= 0.3 is 0 Å². The van der Waals surface area contributed by atoms with Gasteiger partial charge in [0, 0.05) is 37.9 Å². The maximum atomic E-state index is 10.7. The van der Waals surface area contributed by atoms with Gasteiger partial charge in [-0.2, -0.15) is 0 Å². The smallest absolute Gasteiger partial charge is 0.255 e. The van der Waals surface area contributed by atoms with Crippen molar-refractivity contribution in [2.45, 2.75) is 31.8 Å². The van der Waals surface area contributed by atoms with Crippen molar-refractivity contribution in [2.75, 3.05) is 13.2 Å². The molecular weight excluding hydrogens is 292 g/mol. The molecule has 0 aliphatic carbocycles. The Morgan fingerprint density at radius 2 is 2.22 bits per heavy atom. The predicted molar refractivity (Wildman–Crippen MR) is 87.0 cm³/mol. The Bertz CT molecular complexity index is 651. The Balaban J connectivity index is 1.47. The number of hydrogen-bond donors (Lipinski definition) is 2. The van der Waals surface area contributed by atoms with Crippen LogP contribution in [0.5, 0.6) is 5.75 Å². The number of benzene rings is 1. The van der Waals surface area contributed by atoms with Crippen molar-refractivity contribution in [1.82, 2.24) is 14.9 Å². The molecular formula is C17H22N4O2. The fourth-order valence-electron chi connectivity index (χ4n) is 2.95. The maximum Gasteiger partial charge on any atom is 0.255 e. The first-order valence-corrected chi connectivity index (χ1v) is 7.94. The number of amides is 1. The Hall–Kier alpha value is -2.34. The number of fused-ring (bicyclic) bond motifs is 1. The van der Waals surface area contributed by atoms with E-state index in [0.717, 1.165) is 19.6 Å². The molecule has 1 atom stereocenters. The molecule has 1 amide bonds. The zero-order chi connectivity index (χ0) is 16.1. The molecule has 0 spiro atoms. The summed E-state index contributed by atoms with van der Waals surface area (Å²) in [5.41, 5.74) is 6.23. The van der Waals surface area contributed by atoms with E-state index in [1.807, 2.05) is 30.5 Å². The predicted octanol–water partition coefficient (Wildman–Crippen LogP) is 1.41. The number of nitrogens with two attached hydrogens (primary N) is 1. The van der Waals surface area contributed by atoms with E-state index in [4.69, 9.17) is 10.5 Å². The molecule has 0 radical (unpaired) electrons. The molecule has 1 aromatic heterocycles. The molecule has 122 valence electrons. The first kappa shape index (κ1) is 15.6. The highest BCUT2D eigenvalue weighted by atomic mass is 16.5. The molecule has 2 aromatic rings. The number of nitrogens with zero attached hydrogens (tertiary/aromatic N) is 2. The number of rotatable bonds is 7. The van der Waals surface area contributed by atoms with Crippen LogP contribution in [0, 0.1) is 0 Å². The van der Waals surface area contributed by atoms with Gasteiger partial charge in [-0.25, -0.2) is 4.98 Å². The molecule has 1 aliphatic heterocycles. The number of aryl methyl sites for hydroxylation is 1. The van der Waals surface area contributed by atoms with Crippen molar-refractivity contribution in [3.8, 4) is 5.75 Å². The summed E-state index contributed by atoms with van der Waals surface area (Å²) in [6.45, 7) is 2.72. The number of imidazole rings is 1. The highest BCUT2D eigenvalue weighted by Gasteiger charge is 2.20. The topological polar surface area (TPSA) is 82.2 Å². The SMILES string of the molecule is NC(=O)COc1ccc(CNCC2CCCn3ccnc32)cc1. The Kier molecular flexibility index (Phi) is 4.92. The van der Waals surface area contributed by atoms with Gasteiger partial charge < -0.3 is 20.4 Å². The van der Waals surface area contributed by atoms with Gasteiger partial charge in [0.1, 0.15) is 11.6 Å². The minimum Gasteiger partial charge on any atom is -0.484 e. The molecule has 6 nitrogen and oxygen atoms in total. The van der Waals surface area contributed by atoms with Crippen molar-refractivity contribution >= 4 is 5.91 Å². The van der Waals surface area contributed by atoms with Crippen LogP contribution in [0.1, 0.15) is 30.1 Å². The Morgan fingerprint density at radius 1 is 1.39 bits per heavy atom. The van der Waals surface area contributed by atoms with Gasteiger partial charge in [0.25, 0.3) is 5.91 Å². The number of hydrogen-bond acceptors (Lipinski definition) is 4. The summed E-state index contributed by atoms with van der Waals surface area (Å²) in [6.07, 6.45) is 6.34. The van der Waals surface area contributed by atoms with E-state index >= 15 is 0 Å². The van der Waals surface area contributed by atoms with Crippen molar-refractivity contribution in [3.05, 3.63) is 48.0 Å². The van der Waals surface area contributed by atoms with E-state index in [9.17, 15) is 4.79 Å². The van der Waals surface area contributed by atoms with Gasteiger partial charge in [0.15, 0.2) is 6.61 Å². The van der Waals surface area contributed by atoms with Crippen LogP contribution in [-0.4, -0.2) is 28.6 Å². The lowest BCUT2D eigenvalue weighted by atomic mass is 9.99. The number of carbonyl (C=O) groups is 1. The van der Waals surface area contributed by atoms with Crippen LogP contribution in [0.2, 0.25) is 0 Å². The first-order chi connectivity index (χ1) is 11.2. The van der Waals surface area contributed by atoms with Crippen LogP contribution in [-0.2, 0) is 17.9 Å². The standard InChI is InChI=1S/C17H22N4O2/c18-16(22)12-23-15-5-3-13(4-6-15)10-19-11-14-2-1-8-21-9-7-20-17(14)21/h3-7,9,14,19H,1-2,8,10-12H2,(H2,18,22). The Morgan fingerprint density at radius 3 is 3.00 bits per heavy atom. The highest BCUT2D eigenvalue weighted by Crippen LogP contribution is 2.24. The van der Waals surface area contributed by atoms with E-state index in [-0.39, 0.29) is 6.61 Å². The van der Waals surface area contributed by atoms with E-state index in [2.05, 4.69) is 21.1 Å². The molecule has 6 heteroatoms. The van der Waals surface area contributed by atoms with E-state index in [0.29, 0.717) is 11.7 Å². The average Bonchev–Trinajstić information content (AvgIpc) is 3.03. The summed E-state index contributed by atoms with van der Waals surface area (Å²) in [6, 6.07) is 7.69. The monoisotopic (exact) mass is 314 g/mol. The maximum absolute atomic E-state index is 10.7. The number of ether oxygens (including phenoxy) is 1. The van der Waals surface area contributed by atoms with Crippen LogP contribution < -0.4 is 15.8 Å². The zero-order valence-corrected chi connectivity index (χ0v) is 13.1. The van der Waals surface area contributed by atoms with E-state index < -0.39 is 5.91 Å². The quantitative estimate of drug-likeness (QED) is 0.809. The van der Waals surface area contributed by atoms with Crippen molar-refractivity contribution < 1.29 is 9.53 Å². The molecule has 0 fully saturated rings. The average molecular weight is 314 g/mol. The lowest BCUT2D eigenvalue weighted by Gasteiger charge is -2.23. The minimum absolute atomic E-state index is 0.0913. The van der Waals surface area contributed by atoms with Crippen LogP contribution in [0.3, 0.4) is 0 Å². The third-order valence-electron chi connectivity index (χ3n) is 4.09. The van der Waals surface area contributed by atoms with Crippen molar-refractivity contribution in [1.29, 1.82) is 0 Å². The lowest BCUT2D eigenvalue weighted by molar-refractivity contribution is -0.119. The summed E-state index contributed by atoms with van der Waals surface area (Å²) < 4.78 is 7.50. The fourth-order valence-corrected chi connectivity index (χ4v) is 2.95. The number of carbonyl (C=O) groups excluding carboxylic acids is 1. The number of aromatic nitrogens is 2. The second-order valence-electron chi connectivity index (χ2n) is 5.85. The molecule has 1 aromatic carbocycles. The molecule has 3 rings (SSSR count). The van der Waals surface area contributed by atoms with Gasteiger partial charge in [-0.05, 0) is 30.5 Å². The molecule has 0 saturated carbocycles. The molecule has 2 heterocycles. The highest BCUT2D eigenvalue weighted by molar-refractivity contribution is 5.75. The third kappa shape index (κ3) is 4.10. The van der Waals surface area contributed by atoms with Crippen LogP contribution in [0.25, 0.3) is 0 Å². The summed E-state index contributed by atoms with van der Waals surface area (Å²) in [5.74, 6) is 1.86. The van der Waals surface area contributed by atoms with Gasteiger partial charge in [-0.1, -0.05) is 12.1 Å². The van der Waals surface area contributed by atoms with Crippen molar-refractivity contribution in [3.63, 3.8) is 0 Å². The number of nitrogens with one attached hydrogen (secondary N) is 1. The van der Waals surface area contributed by atoms with Gasteiger partial charge in [-0.15, -0.1) is 0 Å². The molecule has 1 aliphatic rings. The molecule has 1 unspecified atom stereocenters. The summed E-state index contributed by atoms with van der Waals surface area (Å²) in [5, 5.41) is 3.50. The zero-order valence-electron chi connectivity index (χ0n) is 13.1. The summed E-state index contributed by atoms with van der Waals surface area (Å²) in [4.78, 5) is 15.2. The van der Waals surface area contributed by atoms with E-state index in [1.165, 1.54) is 24.2 Å². The third-order valence-corrected chi connectivity index (χ3v) is 4.09. The number of primary amides is 1. The van der Waals surface area contributed by atoms with Crippen molar-refractivity contribution in [2.24, 2.45) is 5.73 Å². The molecule has 23 heavy (non-hydrogen) atoms. The van der Waals surface area contributed by atoms with Crippen LogP contribution in [0.15, 0.2) is 36.7 Å². The normalized spacial score (nSPS) is 16.8. The van der Waals surface area contributed by atoms with Crippen LogP contribution in [0.4, 0.5) is 0 Å². The second kappa shape index (κ2) is 7.28. The summed E-state index contributed by atoms with van der Waals surface area (Å²) >= 11 is 0. The van der Waals surface area contributed by atoms with E-state index in [1.54, 1.807) is 0 Å². The molecule has 0 bridgehead atoms. The molecule has 3 N–H and O–H groups in total. The van der Waals surface area contributed by atoms with Gasteiger partial charge in [0.2, 0.25) is 0 Å². The first-order valence-electron chi connectivity index (χ1n) is 7.94. The fraction of sp³-hybridized carbons (Fsp3) is 0.412. The Labute approximate surface area is 135 Å². The molecule has 0 saturated heterocycles.